The molecule has 1 aliphatic rings. The number of carbonyl (C=O) groups excluding carboxylic acids is 1. The third-order valence-electron chi connectivity index (χ3n) is 3.25. The van der Waals surface area contributed by atoms with E-state index < -0.39 is 0 Å². The number of nitrogens with one attached hydrogen (secondary N) is 1. The van der Waals surface area contributed by atoms with E-state index in [0.717, 1.165) is 43.7 Å². The average Bonchev–Trinajstić information content (AvgIpc) is 2.46. The molecule has 1 aliphatic heterocycles. The normalized spacial score (nSPS) is 16.3. The van der Waals surface area contributed by atoms with Crippen molar-refractivity contribution in [1.29, 1.82) is 0 Å². The average molecular weight is 327 g/mol. The zero-order chi connectivity index (χ0) is 13.7. The molecule has 1 aromatic heterocycles. The third-order valence-corrected chi connectivity index (χ3v) is 3.72. The van der Waals surface area contributed by atoms with Gasteiger partial charge in [-0.05, 0) is 28.1 Å². The van der Waals surface area contributed by atoms with Crippen LogP contribution in [-0.2, 0) is 0 Å². The Hall–Kier alpha value is -0.980. The van der Waals surface area contributed by atoms with Crippen LogP contribution >= 0.6 is 15.9 Å². The molecule has 5 nitrogen and oxygen atoms in total. The van der Waals surface area contributed by atoms with Crippen LogP contribution < -0.4 is 5.32 Å². The molecule has 2 rings (SSSR count). The minimum atomic E-state index is -0.0253. The minimum Gasteiger partial charge on any atom is -0.339 e. The lowest BCUT2D eigenvalue weighted by molar-refractivity contribution is 0.0769. The van der Waals surface area contributed by atoms with E-state index in [9.17, 15) is 4.79 Å². The second-order valence-electron chi connectivity index (χ2n) is 4.68. The molecule has 6 heteroatoms. The van der Waals surface area contributed by atoms with Crippen LogP contribution in [0.15, 0.2) is 22.8 Å². The fraction of sp³-hybridized carbons (Fsp3) is 0.538. The minimum absolute atomic E-state index is 0.0253. The van der Waals surface area contributed by atoms with Crippen LogP contribution in [0.5, 0.6) is 0 Å². The Kier molecular flexibility index (Phi) is 5.30. The van der Waals surface area contributed by atoms with E-state index >= 15 is 0 Å². The maximum absolute atomic E-state index is 12.1. The van der Waals surface area contributed by atoms with E-state index in [2.05, 4.69) is 31.1 Å². The number of halogens is 1. The van der Waals surface area contributed by atoms with Crippen molar-refractivity contribution < 1.29 is 4.79 Å². The van der Waals surface area contributed by atoms with Crippen LogP contribution in [0.25, 0.3) is 0 Å². The fourth-order valence-corrected chi connectivity index (χ4v) is 2.26. The SMILES string of the molecule is CN(CCN1CCNCC1)C(=O)c1ccc(Br)cn1. The fourth-order valence-electron chi connectivity index (χ4n) is 2.03. The molecule has 0 radical (unpaired) electrons. The quantitative estimate of drug-likeness (QED) is 0.890. The molecule has 0 atom stereocenters. The lowest BCUT2D eigenvalue weighted by Gasteiger charge is -2.29. The number of hydrogen-bond donors (Lipinski definition) is 1. The van der Waals surface area contributed by atoms with E-state index in [4.69, 9.17) is 0 Å². The van der Waals surface area contributed by atoms with Crippen molar-refractivity contribution in [3.63, 3.8) is 0 Å². The molecule has 1 aromatic rings. The van der Waals surface area contributed by atoms with Gasteiger partial charge in [0.1, 0.15) is 5.69 Å². The molecular weight excluding hydrogens is 308 g/mol. The topological polar surface area (TPSA) is 48.5 Å². The van der Waals surface area contributed by atoms with Crippen LogP contribution in [-0.4, -0.2) is 67.0 Å². The standard InChI is InChI=1S/C13H19BrN4O/c1-17(8-9-18-6-4-15-5-7-18)13(19)12-3-2-11(14)10-16-12/h2-3,10,15H,4-9H2,1H3. The van der Waals surface area contributed by atoms with Gasteiger partial charge in [0.25, 0.3) is 5.91 Å². The van der Waals surface area contributed by atoms with Gasteiger partial charge in [0, 0.05) is 57.0 Å². The Bertz CT molecular complexity index is 417. The summed E-state index contributed by atoms with van der Waals surface area (Å²) in [7, 11) is 1.83. The third kappa shape index (κ3) is 4.26. The van der Waals surface area contributed by atoms with Gasteiger partial charge in [0.15, 0.2) is 0 Å². The Balaban J connectivity index is 1.83. The van der Waals surface area contributed by atoms with E-state index in [1.807, 2.05) is 13.1 Å². The second kappa shape index (κ2) is 6.98. The molecule has 1 amide bonds. The van der Waals surface area contributed by atoms with Crippen molar-refractivity contribution >= 4 is 21.8 Å². The van der Waals surface area contributed by atoms with Gasteiger partial charge in [-0.1, -0.05) is 0 Å². The van der Waals surface area contributed by atoms with Crippen molar-refractivity contribution in [3.8, 4) is 0 Å². The molecule has 0 bridgehead atoms. The summed E-state index contributed by atoms with van der Waals surface area (Å²) in [5.41, 5.74) is 0.492. The van der Waals surface area contributed by atoms with Crippen molar-refractivity contribution in [2.24, 2.45) is 0 Å². The van der Waals surface area contributed by atoms with Gasteiger partial charge in [-0.2, -0.15) is 0 Å². The number of likely N-dealkylation sites (N-methyl/N-ethyl adjacent to an activating group) is 1. The molecule has 19 heavy (non-hydrogen) atoms. The van der Waals surface area contributed by atoms with Gasteiger partial charge in [-0.25, -0.2) is 4.98 Å². The molecular formula is C13H19BrN4O. The van der Waals surface area contributed by atoms with Crippen LogP contribution in [0.1, 0.15) is 10.5 Å². The molecule has 0 aliphatic carbocycles. The number of rotatable bonds is 4. The summed E-state index contributed by atoms with van der Waals surface area (Å²) in [6.45, 7) is 5.83. The zero-order valence-electron chi connectivity index (χ0n) is 11.1. The van der Waals surface area contributed by atoms with Crippen LogP contribution in [0.3, 0.4) is 0 Å². The van der Waals surface area contributed by atoms with Crippen molar-refractivity contribution in [2.45, 2.75) is 0 Å². The first kappa shape index (κ1) is 14.4. The highest BCUT2D eigenvalue weighted by molar-refractivity contribution is 9.10. The lowest BCUT2D eigenvalue weighted by Crippen LogP contribution is -2.46. The molecule has 1 fully saturated rings. The summed E-state index contributed by atoms with van der Waals surface area (Å²) >= 11 is 3.31. The van der Waals surface area contributed by atoms with E-state index in [0.29, 0.717) is 5.69 Å². The summed E-state index contributed by atoms with van der Waals surface area (Å²) < 4.78 is 0.882. The highest BCUT2D eigenvalue weighted by atomic mass is 79.9. The van der Waals surface area contributed by atoms with Gasteiger partial charge in [-0.15, -0.1) is 0 Å². The summed E-state index contributed by atoms with van der Waals surface area (Å²) in [5.74, 6) is -0.0253. The second-order valence-corrected chi connectivity index (χ2v) is 5.60. The Morgan fingerprint density at radius 3 is 2.84 bits per heavy atom. The van der Waals surface area contributed by atoms with Crippen LogP contribution in [0.4, 0.5) is 0 Å². The van der Waals surface area contributed by atoms with E-state index in [1.165, 1.54) is 0 Å². The van der Waals surface area contributed by atoms with Crippen molar-refractivity contribution in [3.05, 3.63) is 28.5 Å². The maximum atomic E-state index is 12.1. The molecule has 0 aromatic carbocycles. The molecule has 0 unspecified atom stereocenters. The van der Waals surface area contributed by atoms with E-state index in [1.54, 1.807) is 17.2 Å². The smallest absolute Gasteiger partial charge is 0.272 e. The lowest BCUT2D eigenvalue weighted by atomic mass is 10.3. The Labute approximate surface area is 122 Å². The monoisotopic (exact) mass is 326 g/mol. The predicted octanol–water partition coefficient (Wildman–Crippen LogP) is 0.821. The highest BCUT2D eigenvalue weighted by Gasteiger charge is 2.15. The summed E-state index contributed by atoms with van der Waals surface area (Å²) in [4.78, 5) is 20.4. The van der Waals surface area contributed by atoms with Gasteiger partial charge in [0.05, 0.1) is 0 Å². The molecule has 0 spiro atoms. The number of amides is 1. The number of piperazine rings is 1. The first-order valence-electron chi connectivity index (χ1n) is 6.47. The summed E-state index contributed by atoms with van der Waals surface area (Å²) in [6, 6.07) is 3.58. The van der Waals surface area contributed by atoms with Gasteiger partial charge < -0.3 is 10.2 Å². The zero-order valence-corrected chi connectivity index (χ0v) is 12.7. The van der Waals surface area contributed by atoms with Gasteiger partial charge in [0.2, 0.25) is 0 Å². The van der Waals surface area contributed by atoms with Gasteiger partial charge >= 0.3 is 0 Å². The van der Waals surface area contributed by atoms with Crippen LogP contribution in [0, 0.1) is 0 Å². The van der Waals surface area contributed by atoms with Crippen molar-refractivity contribution in [1.82, 2.24) is 20.1 Å². The molecule has 0 saturated carbocycles. The number of aromatic nitrogens is 1. The molecule has 104 valence electrons. The van der Waals surface area contributed by atoms with Crippen molar-refractivity contribution in [2.75, 3.05) is 46.3 Å². The Morgan fingerprint density at radius 2 is 2.21 bits per heavy atom. The summed E-state index contributed by atoms with van der Waals surface area (Å²) in [5, 5.41) is 3.32. The van der Waals surface area contributed by atoms with Crippen LogP contribution in [0.2, 0.25) is 0 Å². The number of nitrogens with zero attached hydrogens (tertiary/aromatic N) is 3. The predicted molar refractivity (Wildman–Crippen MR) is 78.2 cm³/mol. The first-order valence-corrected chi connectivity index (χ1v) is 7.26. The Morgan fingerprint density at radius 1 is 1.47 bits per heavy atom. The maximum Gasteiger partial charge on any atom is 0.272 e. The van der Waals surface area contributed by atoms with Gasteiger partial charge in [-0.3, -0.25) is 9.69 Å². The number of pyridine rings is 1. The molecule has 1 N–H and O–H groups in total. The largest absolute Gasteiger partial charge is 0.339 e. The number of hydrogen-bond acceptors (Lipinski definition) is 4. The molecule has 1 saturated heterocycles. The summed E-state index contributed by atoms with van der Waals surface area (Å²) in [6.07, 6.45) is 1.65. The van der Waals surface area contributed by atoms with E-state index in [-0.39, 0.29) is 5.91 Å². The highest BCUT2D eigenvalue weighted by Crippen LogP contribution is 2.08. The first-order chi connectivity index (χ1) is 9.16. The number of carbonyl (C=O) groups is 1. The molecule has 2 heterocycles.